The molecule has 0 aliphatic heterocycles. The number of hydrogen-bond acceptors (Lipinski definition) is 4. The van der Waals surface area contributed by atoms with Gasteiger partial charge in [-0.2, -0.15) is 13.2 Å². The molecule has 0 spiro atoms. The van der Waals surface area contributed by atoms with Gasteiger partial charge < -0.3 is 9.47 Å². The summed E-state index contributed by atoms with van der Waals surface area (Å²) in [5.74, 6) is -0.816. The van der Waals surface area contributed by atoms with Gasteiger partial charge in [-0.3, -0.25) is 4.79 Å². The van der Waals surface area contributed by atoms with E-state index in [9.17, 15) is 26.4 Å². The summed E-state index contributed by atoms with van der Waals surface area (Å²) in [7, 11) is -3.99. The van der Waals surface area contributed by atoms with Crippen molar-refractivity contribution in [3.05, 3.63) is 47.3 Å². The molecule has 0 radical (unpaired) electrons. The third-order valence-corrected chi connectivity index (χ3v) is 6.75. The van der Waals surface area contributed by atoms with Gasteiger partial charge in [0.1, 0.15) is 0 Å². The maximum atomic E-state index is 13.1. The van der Waals surface area contributed by atoms with Crippen LogP contribution in [0.25, 0.3) is 0 Å². The second-order valence-electron chi connectivity index (χ2n) is 8.10. The van der Waals surface area contributed by atoms with Crippen molar-refractivity contribution in [2.75, 3.05) is 6.54 Å². The molecule has 31 heavy (non-hydrogen) atoms. The van der Waals surface area contributed by atoms with E-state index in [1.54, 1.807) is 23.3 Å². The molecular formula is C21H26F3N3O3S. The Balaban J connectivity index is 1.91. The van der Waals surface area contributed by atoms with Crippen molar-refractivity contribution in [2.24, 2.45) is 5.92 Å². The highest BCUT2D eigenvalue weighted by atomic mass is 32.2. The van der Waals surface area contributed by atoms with E-state index in [1.165, 1.54) is 18.3 Å². The zero-order valence-corrected chi connectivity index (χ0v) is 18.5. The summed E-state index contributed by atoms with van der Waals surface area (Å²) in [5.41, 5.74) is -0.231. The molecule has 0 saturated heterocycles. The number of nitrogens with zero attached hydrogens (tertiary/aromatic N) is 3. The quantitative estimate of drug-likeness (QED) is 0.595. The summed E-state index contributed by atoms with van der Waals surface area (Å²) >= 11 is 0. The lowest BCUT2D eigenvalue weighted by atomic mass is 10.1. The van der Waals surface area contributed by atoms with Crippen LogP contribution in [0.3, 0.4) is 0 Å². The van der Waals surface area contributed by atoms with Gasteiger partial charge in [0.25, 0.3) is 0 Å². The highest BCUT2D eigenvalue weighted by Crippen LogP contribution is 2.39. The SMILES string of the molecule is CCN(Cc1cnc(S(=O)(=O)Cc2cccc(C(F)(F)F)c2)n1C1CC1)C(=O)C(C)C. The Labute approximate surface area is 180 Å². The van der Waals surface area contributed by atoms with Crippen LogP contribution in [-0.2, 0) is 33.1 Å². The number of halogens is 3. The molecule has 1 aliphatic rings. The lowest BCUT2D eigenvalue weighted by molar-refractivity contribution is -0.137. The number of rotatable bonds is 8. The molecule has 6 nitrogen and oxygen atoms in total. The van der Waals surface area contributed by atoms with Gasteiger partial charge in [0.05, 0.1) is 29.8 Å². The first kappa shape index (κ1) is 23.3. The molecule has 0 N–H and O–H groups in total. The topological polar surface area (TPSA) is 72.3 Å². The van der Waals surface area contributed by atoms with Crippen LogP contribution >= 0.6 is 0 Å². The van der Waals surface area contributed by atoms with Crippen molar-refractivity contribution < 1.29 is 26.4 Å². The largest absolute Gasteiger partial charge is 0.416 e. The second kappa shape index (κ2) is 8.64. The summed E-state index contributed by atoms with van der Waals surface area (Å²) in [6.45, 7) is 6.15. The van der Waals surface area contributed by atoms with Crippen LogP contribution in [0.1, 0.15) is 56.5 Å². The van der Waals surface area contributed by atoms with E-state index in [0.29, 0.717) is 12.2 Å². The van der Waals surface area contributed by atoms with E-state index >= 15 is 0 Å². The minimum absolute atomic E-state index is 0.0309. The lowest BCUT2D eigenvalue weighted by Crippen LogP contribution is -2.34. The fraction of sp³-hybridized carbons (Fsp3) is 0.524. The minimum atomic E-state index is -4.55. The average Bonchev–Trinajstić information content (AvgIpc) is 3.43. The lowest BCUT2D eigenvalue weighted by Gasteiger charge is -2.23. The number of alkyl halides is 3. The third kappa shape index (κ3) is 5.28. The molecule has 3 rings (SSSR count). The Morgan fingerprint density at radius 2 is 1.97 bits per heavy atom. The standard InChI is InChI=1S/C21H26F3N3O3S/c1-4-26(19(28)14(2)3)12-18-11-25-20(27(18)17-8-9-17)31(29,30)13-15-6-5-7-16(10-15)21(22,23)24/h5-7,10-11,14,17H,4,8-9,12-13H2,1-3H3. The number of carbonyl (C=O) groups is 1. The molecule has 1 amide bonds. The van der Waals surface area contributed by atoms with Crippen LogP contribution in [0, 0.1) is 5.92 Å². The Hall–Kier alpha value is -2.36. The average molecular weight is 458 g/mol. The van der Waals surface area contributed by atoms with Gasteiger partial charge in [0, 0.05) is 18.5 Å². The predicted molar refractivity (Wildman–Crippen MR) is 109 cm³/mol. The molecule has 1 saturated carbocycles. The summed E-state index contributed by atoms with van der Waals surface area (Å²) in [6.07, 6.45) is -1.51. The van der Waals surface area contributed by atoms with Crippen LogP contribution in [0.2, 0.25) is 0 Å². The van der Waals surface area contributed by atoms with E-state index in [0.717, 1.165) is 25.0 Å². The molecule has 1 fully saturated rings. The summed E-state index contributed by atoms with van der Waals surface area (Å²) in [5, 5.41) is -0.157. The second-order valence-corrected chi connectivity index (χ2v) is 9.98. The van der Waals surface area contributed by atoms with Crippen LogP contribution < -0.4 is 0 Å². The molecule has 1 heterocycles. The molecule has 170 valence electrons. The van der Waals surface area contributed by atoms with Gasteiger partial charge in [-0.1, -0.05) is 32.0 Å². The number of carbonyl (C=O) groups excluding carboxylic acids is 1. The van der Waals surface area contributed by atoms with Crippen molar-refractivity contribution in [1.29, 1.82) is 0 Å². The minimum Gasteiger partial charge on any atom is -0.337 e. The van der Waals surface area contributed by atoms with Crippen molar-refractivity contribution in [3.63, 3.8) is 0 Å². The number of benzene rings is 1. The fourth-order valence-corrected chi connectivity index (χ4v) is 5.00. The van der Waals surface area contributed by atoms with Crippen LogP contribution in [-0.4, -0.2) is 35.3 Å². The molecule has 0 unspecified atom stereocenters. The van der Waals surface area contributed by atoms with E-state index in [2.05, 4.69) is 4.98 Å². The van der Waals surface area contributed by atoms with E-state index in [4.69, 9.17) is 0 Å². The van der Waals surface area contributed by atoms with Crippen molar-refractivity contribution in [3.8, 4) is 0 Å². The first-order valence-corrected chi connectivity index (χ1v) is 11.8. The first-order chi connectivity index (χ1) is 14.4. The molecule has 1 aromatic carbocycles. The molecule has 1 aromatic heterocycles. The first-order valence-electron chi connectivity index (χ1n) is 10.2. The smallest absolute Gasteiger partial charge is 0.337 e. The highest BCUT2D eigenvalue weighted by molar-refractivity contribution is 7.90. The molecular weight excluding hydrogens is 431 g/mol. The van der Waals surface area contributed by atoms with Gasteiger partial charge in [-0.25, -0.2) is 13.4 Å². The Bertz CT molecular complexity index is 1060. The summed E-state index contributed by atoms with van der Waals surface area (Å²) in [6, 6.07) is 4.28. The van der Waals surface area contributed by atoms with Crippen molar-refractivity contribution in [1.82, 2.24) is 14.5 Å². The molecule has 10 heteroatoms. The molecule has 1 aliphatic carbocycles. The number of aromatic nitrogens is 2. The maximum absolute atomic E-state index is 13.1. The van der Waals surface area contributed by atoms with Gasteiger partial charge >= 0.3 is 6.18 Å². The molecule has 0 bridgehead atoms. The summed E-state index contributed by atoms with van der Waals surface area (Å²) in [4.78, 5) is 18.2. The molecule has 0 atom stereocenters. The Morgan fingerprint density at radius 1 is 1.29 bits per heavy atom. The number of hydrogen-bond donors (Lipinski definition) is 0. The van der Waals surface area contributed by atoms with Crippen LogP contribution in [0.5, 0.6) is 0 Å². The van der Waals surface area contributed by atoms with Gasteiger partial charge in [-0.15, -0.1) is 0 Å². The Kier molecular flexibility index (Phi) is 6.50. The van der Waals surface area contributed by atoms with Crippen molar-refractivity contribution in [2.45, 2.75) is 63.3 Å². The predicted octanol–water partition coefficient (Wildman–Crippen LogP) is 4.22. The van der Waals surface area contributed by atoms with Crippen LogP contribution in [0.15, 0.2) is 35.6 Å². The van der Waals surface area contributed by atoms with Gasteiger partial charge in [0.2, 0.25) is 20.9 Å². The van der Waals surface area contributed by atoms with E-state index in [-0.39, 0.29) is 35.1 Å². The van der Waals surface area contributed by atoms with E-state index < -0.39 is 27.3 Å². The normalized spacial score (nSPS) is 14.8. The zero-order chi connectivity index (χ0) is 23.0. The third-order valence-electron chi connectivity index (χ3n) is 5.18. The number of amides is 1. The maximum Gasteiger partial charge on any atom is 0.416 e. The van der Waals surface area contributed by atoms with Crippen LogP contribution in [0.4, 0.5) is 13.2 Å². The van der Waals surface area contributed by atoms with Gasteiger partial charge in [0.15, 0.2) is 0 Å². The monoisotopic (exact) mass is 457 g/mol. The molecule has 2 aromatic rings. The highest BCUT2D eigenvalue weighted by Gasteiger charge is 2.35. The number of imidazole rings is 1. The van der Waals surface area contributed by atoms with Gasteiger partial charge in [-0.05, 0) is 31.4 Å². The fourth-order valence-electron chi connectivity index (χ4n) is 3.48. The Morgan fingerprint density at radius 3 is 2.52 bits per heavy atom. The van der Waals surface area contributed by atoms with Crippen molar-refractivity contribution >= 4 is 15.7 Å². The summed E-state index contributed by atoms with van der Waals surface area (Å²) < 4.78 is 66.8. The zero-order valence-electron chi connectivity index (χ0n) is 17.7. The number of sulfone groups is 1. The van der Waals surface area contributed by atoms with E-state index in [1.807, 2.05) is 6.92 Å².